The number of imide groups is 1. The lowest BCUT2D eigenvalue weighted by Gasteiger charge is -2.12. The van der Waals surface area contributed by atoms with Crippen molar-refractivity contribution in [1.82, 2.24) is 30.4 Å². The Morgan fingerprint density at radius 3 is 2.67 bits per heavy atom. The van der Waals surface area contributed by atoms with E-state index < -0.39 is 17.0 Å². The number of thioether (sulfide) groups is 2. The van der Waals surface area contributed by atoms with Gasteiger partial charge in [0.2, 0.25) is 11.1 Å². The minimum Gasteiger partial charge on any atom is -0.354 e. The Morgan fingerprint density at radius 2 is 1.88 bits per heavy atom. The first-order chi connectivity index (χ1) is 16.0. The summed E-state index contributed by atoms with van der Waals surface area (Å²) in [4.78, 5) is 38.1. The predicted octanol–water partition coefficient (Wildman–Crippen LogP) is 2.75. The Hall–Kier alpha value is -3.51. The Kier molecular flexibility index (Phi) is 7.15. The highest BCUT2D eigenvalue weighted by atomic mass is 32.2. The van der Waals surface area contributed by atoms with Crippen LogP contribution < -0.4 is 5.32 Å². The molecule has 3 aromatic rings. The summed E-state index contributed by atoms with van der Waals surface area (Å²) < 4.78 is 15.4. The fraction of sp³-hybridized carbons (Fsp3) is 0.143. The maximum atomic E-state index is 13.8. The van der Waals surface area contributed by atoms with Gasteiger partial charge in [0, 0.05) is 18.7 Å². The van der Waals surface area contributed by atoms with Gasteiger partial charge in [-0.15, -0.1) is 5.10 Å². The average molecular weight is 485 g/mol. The molecule has 1 saturated heterocycles. The SMILES string of the molecule is O=C(CSc1nnnn1-c1ccccc1)NCCN1C(=O)S/C(=C\c2ccccc2F)C1=O. The highest BCUT2D eigenvalue weighted by Gasteiger charge is 2.34. The van der Waals surface area contributed by atoms with Crippen molar-refractivity contribution in [3.63, 3.8) is 0 Å². The molecular formula is C21H17FN6O3S2. The molecule has 1 N–H and O–H groups in total. The van der Waals surface area contributed by atoms with Crippen molar-refractivity contribution in [2.75, 3.05) is 18.8 Å². The molecule has 1 aliphatic heterocycles. The number of aromatic nitrogens is 4. The summed E-state index contributed by atoms with van der Waals surface area (Å²) >= 11 is 1.90. The maximum absolute atomic E-state index is 13.8. The largest absolute Gasteiger partial charge is 0.354 e. The first-order valence-corrected chi connectivity index (χ1v) is 11.6. The van der Waals surface area contributed by atoms with Crippen LogP contribution in [0.2, 0.25) is 0 Å². The van der Waals surface area contributed by atoms with Crippen molar-refractivity contribution in [3.05, 3.63) is 70.9 Å². The molecule has 2 heterocycles. The van der Waals surface area contributed by atoms with Crippen LogP contribution in [-0.4, -0.2) is 61.0 Å². The number of para-hydroxylation sites is 1. The maximum Gasteiger partial charge on any atom is 0.293 e. The van der Waals surface area contributed by atoms with Gasteiger partial charge in [0.25, 0.3) is 11.1 Å². The van der Waals surface area contributed by atoms with Gasteiger partial charge < -0.3 is 5.32 Å². The van der Waals surface area contributed by atoms with E-state index >= 15 is 0 Å². The number of benzene rings is 2. The molecule has 0 unspecified atom stereocenters. The van der Waals surface area contributed by atoms with Gasteiger partial charge in [-0.2, -0.15) is 4.68 Å². The van der Waals surface area contributed by atoms with Crippen LogP contribution in [0.4, 0.5) is 9.18 Å². The van der Waals surface area contributed by atoms with Crippen molar-refractivity contribution in [2.24, 2.45) is 0 Å². The second-order valence-electron chi connectivity index (χ2n) is 6.70. The van der Waals surface area contributed by atoms with E-state index in [1.54, 1.807) is 12.1 Å². The molecule has 9 nitrogen and oxygen atoms in total. The minimum absolute atomic E-state index is 0.0113. The van der Waals surface area contributed by atoms with E-state index in [1.165, 1.54) is 22.9 Å². The zero-order valence-corrected chi connectivity index (χ0v) is 18.7. The zero-order valence-electron chi connectivity index (χ0n) is 17.1. The summed E-state index contributed by atoms with van der Waals surface area (Å²) in [5.41, 5.74) is 0.999. The van der Waals surface area contributed by atoms with Gasteiger partial charge in [0.1, 0.15) is 5.82 Å². The van der Waals surface area contributed by atoms with Gasteiger partial charge in [-0.3, -0.25) is 19.3 Å². The number of carbonyl (C=O) groups is 3. The number of halogens is 1. The number of amides is 3. The fourth-order valence-corrected chi connectivity index (χ4v) is 4.49. The van der Waals surface area contributed by atoms with E-state index in [-0.39, 0.29) is 35.2 Å². The lowest BCUT2D eigenvalue weighted by atomic mass is 10.2. The van der Waals surface area contributed by atoms with Crippen molar-refractivity contribution >= 4 is 46.7 Å². The topological polar surface area (TPSA) is 110 Å². The van der Waals surface area contributed by atoms with Crippen LogP contribution in [0.1, 0.15) is 5.56 Å². The molecule has 3 amide bonds. The summed E-state index contributed by atoms with van der Waals surface area (Å²) in [6.45, 7) is 0.103. The molecule has 0 spiro atoms. The first kappa shape index (κ1) is 22.7. The molecule has 168 valence electrons. The number of rotatable bonds is 8. The summed E-state index contributed by atoms with van der Waals surface area (Å²) in [5, 5.41) is 14.2. The van der Waals surface area contributed by atoms with E-state index in [0.717, 1.165) is 34.1 Å². The number of hydrogen-bond donors (Lipinski definition) is 1. The summed E-state index contributed by atoms with van der Waals surface area (Å²) in [5.74, 6) is -1.23. The van der Waals surface area contributed by atoms with Crippen LogP contribution in [-0.2, 0) is 9.59 Å². The Morgan fingerprint density at radius 1 is 1.12 bits per heavy atom. The third-order valence-electron chi connectivity index (χ3n) is 4.50. The third kappa shape index (κ3) is 5.46. The van der Waals surface area contributed by atoms with Crippen molar-refractivity contribution in [1.29, 1.82) is 0 Å². The second-order valence-corrected chi connectivity index (χ2v) is 8.64. The van der Waals surface area contributed by atoms with E-state index in [9.17, 15) is 18.8 Å². The van der Waals surface area contributed by atoms with E-state index in [2.05, 4.69) is 20.8 Å². The molecule has 0 atom stereocenters. The molecule has 33 heavy (non-hydrogen) atoms. The normalized spacial score (nSPS) is 14.8. The van der Waals surface area contributed by atoms with Gasteiger partial charge >= 0.3 is 0 Å². The van der Waals surface area contributed by atoms with Gasteiger partial charge in [-0.1, -0.05) is 48.2 Å². The second kappa shape index (κ2) is 10.4. The van der Waals surface area contributed by atoms with Gasteiger partial charge in [0.15, 0.2) is 0 Å². The number of nitrogens with one attached hydrogen (secondary N) is 1. The number of carbonyl (C=O) groups excluding carboxylic acids is 3. The highest BCUT2D eigenvalue weighted by molar-refractivity contribution is 8.18. The predicted molar refractivity (Wildman–Crippen MR) is 122 cm³/mol. The molecule has 2 aromatic carbocycles. The lowest BCUT2D eigenvalue weighted by molar-refractivity contribution is -0.123. The van der Waals surface area contributed by atoms with E-state index in [1.807, 2.05) is 30.3 Å². The van der Waals surface area contributed by atoms with Crippen molar-refractivity contribution in [3.8, 4) is 5.69 Å². The number of nitrogens with zero attached hydrogens (tertiary/aromatic N) is 5. The van der Waals surface area contributed by atoms with Crippen LogP contribution in [0.3, 0.4) is 0 Å². The van der Waals surface area contributed by atoms with Crippen molar-refractivity contribution in [2.45, 2.75) is 5.16 Å². The fourth-order valence-electron chi connectivity index (χ4n) is 2.91. The summed E-state index contributed by atoms with van der Waals surface area (Å²) in [7, 11) is 0. The molecule has 12 heteroatoms. The quantitative estimate of drug-likeness (QED) is 0.384. The van der Waals surface area contributed by atoms with Gasteiger partial charge in [-0.05, 0) is 46.5 Å². The number of tetrazole rings is 1. The lowest BCUT2D eigenvalue weighted by Crippen LogP contribution is -2.37. The van der Waals surface area contributed by atoms with Crippen LogP contribution in [0, 0.1) is 5.82 Å². The Balaban J connectivity index is 1.27. The molecule has 1 aromatic heterocycles. The first-order valence-electron chi connectivity index (χ1n) is 9.76. The highest BCUT2D eigenvalue weighted by Crippen LogP contribution is 2.32. The third-order valence-corrected chi connectivity index (χ3v) is 6.32. The summed E-state index contributed by atoms with van der Waals surface area (Å²) in [6.07, 6.45) is 1.35. The molecule has 0 aliphatic carbocycles. The minimum atomic E-state index is -0.515. The van der Waals surface area contributed by atoms with Crippen LogP contribution in [0.5, 0.6) is 0 Å². The molecule has 1 fully saturated rings. The van der Waals surface area contributed by atoms with Crippen LogP contribution >= 0.6 is 23.5 Å². The molecule has 0 radical (unpaired) electrons. The molecule has 1 aliphatic rings. The van der Waals surface area contributed by atoms with Gasteiger partial charge in [0.05, 0.1) is 16.3 Å². The van der Waals surface area contributed by atoms with E-state index in [4.69, 9.17) is 0 Å². The smallest absolute Gasteiger partial charge is 0.293 e. The van der Waals surface area contributed by atoms with Gasteiger partial charge in [-0.25, -0.2) is 4.39 Å². The average Bonchev–Trinajstić information content (AvgIpc) is 3.39. The molecule has 0 saturated carbocycles. The Labute approximate surface area is 196 Å². The standard InChI is InChI=1S/C21H17FN6O3S2/c22-16-9-5-4-6-14(16)12-17-19(30)27(21(31)33-17)11-10-23-18(29)13-32-20-24-25-26-28(20)15-7-2-1-3-8-15/h1-9,12H,10-11,13H2,(H,23,29)/b17-12-. The van der Waals surface area contributed by atoms with Crippen LogP contribution in [0.15, 0.2) is 64.7 Å². The molecular weight excluding hydrogens is 467 g/mol. The summed E-state index contributed by atoms with van der Waals surface area (Å²) in [6, 6.07) is 15.3. The zero-order chi connectivity index (χ0) is 23.2. The molecule has 0 bridgehead atoms. The monoisotopic (exact) mass is 484 g/mol. The Bertz CT molecular complexity index is 1220. The van der Waals surface area contributed by atoms with E-state index in [0.29, 0.717) is 5.16 Å². The number of hydrogen-bond acceptors (Lipinski definition) is 8. The molecule has 4 rings (SSSR count). The van der Waals surface area contributed by atoms with Crippen molar-refractivity contribution < 1.29 is 18.8 Å². The van der Waals surface area contributed by atoms with Crippen LogP contribution in [0.25, 0.3) is 11.8 Å².